The average molecular weight is 377 g/mol. The van der Waals surface area contributed by atoms with Crippen LogP contribution in [0.4, 0.5) is 10.5 Å². The molecule has 1 fully saturated rings. The lowest BCUT2D eigenvalue weighted by molar-refractivity contribution is 0.0761. The molecule has 1 aliphatic carbocycles. The molecule has 146 valence electrons. The highest BCUT2D eigenvalue weighted by Gasteiger charge is 2.23. The third-order valence-electron chi connectivity index (χ3n) is 5.70. The summed E-state index contributed by atoms with van der Waals surface area (Å²) in [5.74, 6) is 0.0516. The fraction of sp³-hybridized carbons (Fsp3) is 0.391. The molecule has 4 rings (SSSR count). The number of hydrogen-bond donors (Lipinski definition) is 2. The van der Waals surface area contributed by atoms with Gasteiger partial charge in [0.2, 0.25) is 0 Å². The third-order valence-corrected chi connectivity index (χ3v) is 5.70. The molecular formula is C23H27N3O2. The summed E-state index contributed by atoms with van der Waals surface area (Å²) in [5, 5.41) is 5.95. The molecule has 1 heterocycles. The normalized spacial score (nSPS) is 18.9. The fourth-order valence-electron chi connectivity index (χ4n) is 4.22. The smallest absolute Gasteiger partial charge is 0.319 e. The summed E-state index contributed by atoms with van der Waals surface area (Å²) in [6.45, 7) is 1.64. The van der Waals surface area contributed by atoms with Crippen molar-refractivity contribution in [3.8, 4) is 0 Å². The number of likely N-dealkylation sites (tertiary alicyclic amines) is 1. The Kier molecular flexibility index (Phi) is 5.60. The van der Waals surface area contributed by atoms with Crippen molar-refractivity contribution in [2.75, 3.05) is 18.4 Å². The molecule has 0 aromatic heterocycles. The zero-order valence-electron chi connectivity index (χ0n) is 16.1. The largest absolute Gasteiger partial charge is 0.339 e. The number of anilines is 1. The Bertz CT molecular complexity index is 856. The Labute approximate surface area is 166 Å². The summed E-state index contributed by atoms with van der Waals surface area (Å²) in [4.78, 5) is 27.2. The maximum atomic E-state index is 12.8. The second kappa shape index (κ2) is 8.46. The van der Waals surface area contributed by atoms with Gasteiger partial charge in [-0.2, -0.15) is 0 Å². The van der Waals surface area contributed by atoms with Crippen molar-refractivity contribution in [3.63, 3.8) is 0 Å². The van der Waals surface area contributed by atoms with E-state index in [1.165, 1.54) is 24.0 Å². The molecule has 1 saturated heterocycles. The molecule has 3 amide bonds. The van der Waals surface area contributed by atoms with Gasteiger partial charge in [0.25, 0.3) is 5.91 Å². The Morgan fingerprint density at radius 3 is 2.54 bits per heavy atom. The van der Waals surface area contributed by atoms with E-state index in [0.717, 1.165) is 38.8 Å². The lowest BCUT2D eigenvalue weighted by Gasteiger charge is -2.20. The van der Waals surface area contributed by atoms with Crippen molar-refractivity contribution in [2.24, 2.45) is 0 Å². The molecule has 0 saturated carbocycles. The number of aryl methyl sites for hydroxylation is 1. The highest BCUT2D eigenvalue weighted by atomic mass is 16.2. The summed E-state index contributed by atoms with van der Waals surface area (Å²) in [5.41, 5.74) is 3.77. The highest BCUT2D eigenvalue weighted by Crippen LogP contribution is 2.30. The fourth-order valence-corrected chi connectivity index (χ4v) is 4.22. The number of nitrogens with zero attached hydrogens (tertiary/aromatic N) is 1. The third kappa shape index (κ3) is 4.19. The maximum absolute atomic E-state index is 12.8. The average Bonchev–Trinajstić information content (AvgIpc) is 2.92. The number of hydrogen-bond acceptors (Lipinski definition) is 2. The molecular weight excluding hydrogens is 350 g/mol. The molecule has 2 aromatic carbocycles. The molecule has 2 aromatic rings. The minimum Gasteiger partial charge on any atom is -0.339 e. The van der Waals surface area contributed by atoms with Crippen LogP contribution in [0.3, 0.4) is 0 Å². The van der Waals surface area contributed by atoms with Gasteiger partial charge < -0.3 is 15.5 Å². The van der Waals surface area contributed by atoms with Crippen molar-refractivity contribution >= 4 is 17.6 Å². The molecule has 2 aliphatic rings. The zero-order chi connectivity index (χ0) is 19.3. The summed E-state index contributed by atoms with van der Waals surface area (Å²) in [6, 6.07) is 15.3. The zero-order valence-corrected chi connectivity index (χ0v) is 16.1. The van der Waals surface area contributed by atoms with E-state index < -0.39 is 0 Å². The van der Waals surface area contributed by atoms with Gasteiger partial charge in [-0.3, -0.25) is 4.79 Å². The van der Waals surface area contributed by atoms with E-state index in [0.29, 0.717) is 11.3 Å². The van der Waals surface area contributed by atoms with Crippen LogP contribution in [0.5, 0.6) is 0 Å². The quantitative estimate of drug-likeness (QED) is 0.827. The minimum atomic E-state index is -0.235. The minimum absolute atomic E-state index is 0.0399. The Morgan fingerprint density at radius 1 is 0.929 bits per heavy atom. The van der Waals surface area contributed by atoms with Crippen LogP contribution in [0.2, 0.25) is 0 Å². The SMILES string of the molecule is O=C(Nc1cccc(C(=O)N2CCCCCC2)c1)N[C@@H]1CCc2ccccc21. The first kappa shape index (κ1) is 18.5. The van der Waals surface area contributed by atoms with Crippen molar-refractivity contribution in [1.29, 1.82) is 0 Å². The van der Waals surface area contributed by atoms with E-state index in [1.807, 2.05) is 35.2 Å². The van der Waals surface area contributed by atoms with Crippen LogP contribution in [-0.2, 0) is 6.42 Å². The lowest BCUT2D eigenvalue weighted by atomic mass is 10.1. The Morgan fingerprint density at radius 2 is 1.71 bits per heavy atom. The van der Waals surface area contributed by atoms with Crippen LogP contribution in [0, 0.1) is 0 Å². The van der Waals surface area contributed by atoms with Gasteiger partial charge in [-0.05, 0) is 55.0 Å². The van der Waals surface area contributed by atoms with Gasteiger partial charge in [-0.15, -0.1) is 0 Å². The summed E-state index contributed by atoms with van der Waals surface area (Å²) in [6.07, 6.45) is 6.41. The van der Waals surface area contributed by atoms with Gasteiger partial charge in [-0.1, -0.05) is 43.2 Å². The van der Waals surface area contributed by atoms with E-state index >= 15 is 0 Å². The molecule has 0 unspecified atom stereocenters. The molecule has 0 spiro atoms. The first-order chi connectivity index (χ1) is 13.7. The number of rotatable bonds is 3. The summed E-state index contributed by atoms with van der Waals surface area (Å²) in [7, 11) is 0. The first-order valence-corrected chi connectivity index (χ1v) is 10.3. The van der Waals surface area contributed by atoms with Crippen molar-refractivity contribution in [2.45, 2.75) is 44.6 Å². The molecule has 0 bridgehead atoms. The number of carbonyl (C=O) groups is 2. The van der Waals surface area contributed by atoms with Crippen molar-refractivity contribution < 1.29 is 9.59 Å². The van der Waals surface area contributed by atoms with Gasteiger partial charge in [0.1, 0.15) is 0 Å². The summed E-state index contributed by atoms with van der Waals surface area (Å²) < 4.78 is 0. The molecule has 1 aliphatic heterocycles. The van der Waals surface area contributed by atoms with E-state index in [-0.39, 0.29) is 18.0 Å². The Hall–Kier alpha value is -2.82. The molecule has 1 atom stereocenters. The van der Waals surface area contributed by atoms with Crippen LogP contribution >= 0.6 is 0 Å². The number of urea groups is 1. The molecule has 5 nitrogen and oxygen atoms in total. The lowest BCUT2D eigenvalue weighted by Crippen LogP contribution is -2.32. The Balaban J connectivity index is 1.39. The van der Waals surface area contributed by atoms with Crippen molar-refractivity contribution in [3.05, 3.63) is 65.2 Å². The predicted molar refractivity (Wildman–Crippen MR) is 110 cm³/mol. The predicted octanol–water partition coefficient (Wildman–Crippen LogP) is 4.51. The second-order valence-electron chi connectivity index (χ2n) is 7.68. The number of benzene rings is 2. The van der Waals surface area contributed by atoms with Gasteiger partial charge in [0, 0.05) is 24.3 Å². The van der Waals surface area contributed by atoms with Crippen molar-refractivity contribution in [1.82, 2.24) is 10.2 Å². The molecule has 5 heteroatoms. The first-order valence-electron chi connectivity index (χ1n) is 10.3. The highest BCUT2D eigenvalue weighted by molar-refractivity contribution is 5.97. The van der Waals surface area contributed by atoms with Crippen LogP contribution in [0.1, 0.15) is 59.6 Å². The number of fused-ring (bicyclic) bond motifs is 1. The topological polar surface area (TPSA) is 61.4 Å². The number of nitrogens with one attached hydrogen (secondary N) is 2. The standard InChI is InChI=1S/C23H27N3O2/c27-22(26-14-5-1-2-6-15-26)18-9-7-10-19(16-18)24-23(28)25-21-13-12-17-8-3-4-11-20(17)21/h3-4,7-11,16,21H,1-2,5-6,12-15H2,(H2,24,25,28)/t21-/m1/s1. The van der Waals surface area contributed by atoms with Gasteiger partial charge in [-0.25, -0.2) is 4.79 Å². The molecule has 2 N–H and O–H groups in total. The van der Waals surface area contributed by atoms with Crippen LogP contribution in [0.15, 0.2) is 48.5 Å². The monoisotopic (exact) mass is 377 g/mol. The molecule has 28 heavy (non-hydrogen) atoms. The van der Waals surface area contributed by atoms with Crippen LogP contribution in [0.25, 0.3) is 0 Å². The van der Waals surface area contributed by atoms with Gasteiger partial charge in [0.15, 0.2) is 0 Å². The van der Waals surface area contributed by atoms with Gasteiger partial charge >= 0.3 is 6.03 Å². The maximum Gasteiger partial charge on any atom is 0.319 e. The number of amides is 3. The number of carbonyl (C=O) groups excluding carboxylic acids is 2. The van der Waals surface area contributed by atoms with Gasteiger partial charge in [0.05, 0.1) is 6.04 Å². The van der Waals surface area contributed by atoms with E-state index in [1.54, 1.807) is 6.07 Å². The molecule has 0 radical (unpaired) electrons. The summed E-state index contributed by atoms with van der Waals surface area (Å²) >= 11 is 0. The van der Waals surface area contributed by atoms with Crippen LogP contribution in [-0.4, -0.2) is 29.9 Å². The second-order valence-corrected chi connectivity index (χ2v) is 7.68. The van der Waals surface area contributed by atoms with E-state index in [4.69, 9.17) is 0 Å². The van der Waals surface area contributed by atoms with E-state index in [2.05, 4.69) is 22.8 Å². The van der Waals surface area contributed by atoms with E-state index in [9.17, 15) is 9.59 Å². The van der Waals surface area contributed by atoms with Crippen LogP contribution < -0.4 is 10.6 Å².